The maximum atomic E-state index is 12.6. The molecule has 2 aromatic heterocycles. The molecule has 140 valence electrons. The van der Waals surface area contributed by atoms with Gasteiger partial charge in [0, 0.05) is 25.2 Å². The van der Waals surface area contributed by atoms with Crippen LogP contribution in [0.1, 0.15) is 37.1 Å². The molecule has 1 fully saturated rings. The molecule has 0 radical (unpaired) electrons. The normalized spacial score (nSPS) is 15.2. The minimum absolute atomic E-state index is 0.184. The van der Waals surface area contributed by atoms with Crippen LogP contribution in [0.5, 0.6) is 5.75 Å². The van der Waals surface area contributed by atoms with Gasteiger partial charge in [-0.05, 0) is 49.6 Å². The first-order valence-electron chi connectivity index (χ1n) is 9.54. The molecule has 4 rings (SSSR count). The minimum Gasteiger partial charge on any atom is -0.494 e. The van der Waals surface area contributed by atoms with Gasteiger partial charge in [-0.1, -0.05) is 18.2 Å². The van der Waals surface area contributed by atoms with Crippen molar-refractivity contribution in [1.82, 2.24) is 19.5 Å². The number of amides is 1. The van der Waals surface area contributed by atoms with Gasteiger partial charge in [-0.15, -0.1) is 10.2 Å². The predicted octanol–water partition coefficient (Wildman–Crippen LogP) is 3.08. The van der Waals surface area contributed by atoms with Crippen LogP contribution in [0, 0.1) is 0 Å². The van der Waals surface area contributed by atoms with Gasteiger partial charge in [-0.3, -0.25) is 9.20 Å². The molecule has 1 aromatic carbocycles. The second kappa shape index (κ2) is 7.78. The lowest BCUT2D eigenvalue weighted by Gasteiger charge is -2.31. The fourth-order valence-electron chi connectivity index (χ4n) is 3.68. The fraction of sp³-hybridized carbons (Fsp3) is 0.381. The number of nitrogens with zero attached hydrogens (tertiary/aromatic N) is 4. The SMILES string of the molecule is CCOc1ccc(CC(=O)N2CCC(c3nnc4ccccn34)CC2)cc1. The van der Waals surface area contributed by atoms with E-state index in [4.69, 9.17) is 4.74 Å². The third-order valence-corrected chi connectivity index (χ3v) is 5.14. The van der Waals surface area contributed by atoms with Gasteiger partial charge in [-0.2, -0.15) is 0 Å². The summed E-state index contributed by atoms with van der Waals surface area (Å²) in [5.74, 6) is 2.37. The zero-order valence-electron chi connectivity index (χ0n) is 15.5. The van der Waals surface area contributed by atoms with Gasteiger partial charge in [0.25, 0.3) is 0 Å². The highest BCUT2D eigenvalue weighted by atomic mass is 16.5. The van der Waals surface area contributed by atoms with E-state index in [1.807, 2.05) is 60.5 Å². The molecule has 0 atom stereocenters. The summed E-state index contributed by atoms with van der Waals surface area (Å²) >= 11 is 0. The lowest BCUT2D eigenvalue weighted by molar-refractivity contribution is -0.131. The first kappa shape index (κ1) is 17.5. The number of pyridine rings is 1. The second-order valence-corrected chi connectivity index (χ2v) is 6.90. The zero-order valence-corrected chi connectivity index (χ0v) is 15.5. The van der Waals surface area contributed by atoms with E-state index < -0.39 is 0 Å². The van der Waals surface area contributed by atoms with Gasteiger partial charge in [-0.25, -0.2) is 0 Å². The summed E-state index contributed by atoms with van der Waals surface area (Å²) in [5.41, 5.74) is 1.90. The van der Waals surface area contributed by atoms with E-state index in [0.717, 1.165) is 48.7 Å². The number of carbonyl (C=O) groups is 1. The van der Waals surface area contributed by atoms with Gasteiger partial charge < -0.3 is 9.64 Å². The average molecular weight is 364 g/mol. The van der Waals surface area contributed by atoms with Crippen molar-refractivity contribution in [2.45, 2.75) is 32.1 Å². The maximum Gasteiger partial charge on any atom is 0.226 e. The van der Waals surface area contributed by atoms with Crippen molar-refractivity contribution in [2.75, 3.05) is 19.7 Å². The second-order valence-electron chi connectivity index (χ2n) is 6.90. The third-order valence-electron chi connectivity index (χ3n) is 5.14. The minimum atomic E-state index is 0.184. The number of carbonyl (C=O) groups excluding carboxylic acids is 1. The maximum absolute atomic E-state index is 12.6. The number of likely N-dealkylation sites (tertiary alicyclic amines) is 1. The van der Waals surface area contributed by atoms with Crippen molar-refractivity contribution < 1.29 is 9.53 Å². The Balaban J connectivity index is 1.35. The van der Waals surface area contributed by atoms with Gasteiger partial charge in [0.1, 0.15) is 11.6 Å². The Hall–Kier alpha value is -2.89. The van der Waals surface area contributed by atoms with Gasteiger partial charge >= 0.3 is 0 Å². The standard InChI is InChI=1S/C21H24N4O2/c1-2-27-18-8-6-16(7-9-18)15-20(26)24-13-10-17(11-14-24)21-23-22-19-5-3-4-12-25(19)21/h3-9,12,17H,2,10-11,13-15H2,1H3. The van der Waals surface area contributed by atoms with Crippen LogP contribution in [-0.4, -0.2) is 45.1 Å². The molecule has 0 bridgehead atoms. The van der Waals surface area contributed by atoms with Crippen molar-refractivity contribution >= 4 is 11.6 Å². The molecule has 0 aliphatic carbocycles. The molecule has 6 nitrogen and oxygen atoms in total. The zero-order chi connectivity index (χ0) is 18.6. The summed E-state index contributed by atoms with van der Waals surface area (Å²) in [4.78, 5) is 14.6. The topological polar surface area (TPSA) is 59.7 Å². The number of benzene rings is 1. The average Bonchev–Trinajstić information content (AvgIpc) is 3.14. The molecule has 0 unspecified atom stereocenters. The highest BCUT2D eigenvalue weighted by molar-refractivity contribution is 5.79. The number of rotatable bonds is 5. The number of fused-ring (bicyclic) bond motifs is 1. The first-order chi connectivity index (χ1) is 13.2. The summed E-state index contributed by atoms with van der Waals surface area (Å²) < 4.78 is 7.51. The Morgan fingerprint density at radius 1 is 1.11 bits per heavy atom. The van der Waals surface area contributed by atoms with Crippen LogP contribution in [-0.2, 0) is 11.2 Å². The van der Waals surface area contributed by atoms with E-state index in [0.29, 0.717) is 18.9 Å². The summed E-state index contributed by atoms with van der Waals surface area (Å²) in [7, 11) is 0. The molecule has 3 aromatic rings. The lowest BCUT2D eigenvalue weighted by Crippen LogP contribution is -2.39. The highest BCUT2D eigenvalue weighted by Gasteiger charge is 2.26. The van der Waals surface area contributed by atoms with Crippen LogP contribution in [0.4, 0.5) is 0 Å². The van der Waals surface area contributed by atoms with Gasteiger partial charge in [0.05, 0.1) is 13.0 Å². The van der Waals surface area contributed by atoms with E-state index >= 15 is 0 Å². The Kier molecular flexibility index (Phi) is 5.05. The Bertz CT molecular complexity index is 911. The molecule has 0 spiro atoms. The van der Waals surface area contributed by atoms with Crippen LogP contribution in [0.2, 0.25) is 0 Å². The van der Waals surface area contributed by atoms with Crippen molar-refractivity contribution in [1.29, 1.82) is 0 Å². The summed E-state index contributed by atoms with van der Waals surface area (Å²) in [6.07, 6.45) is 4.29. The van der Waals surface area contributed by atoms with Crippen LogP contribution in [0.15, 0.2) is 48.7 Å². The predicted molar refractivity (Wildman–Crippen MR) is 103 cm³/mol. The molecular formula is C21H24N4O2. The summed E-state index contributed by atoms with van der Waals surface area (Å²) in [5, 5.41) is 8.62. The number of hydrogen-bond acceptors (Lipinski definition) is 4. The molecule has 1 saturated heterocycles. The Morgan fingerprint density at radius 3 is 2.63 bits per heavy atom. The molecule has 1 aliphatic rings. The molecule has 3 heterocycles. The monoisotopic (exact) mass is 364 g/mol. The number of piperidine rings is 1. The highest BCUT2D eigenvalue weighted by Crippen LogP contribution is 2.27. The molecular weight excluding hydrogens is 340 g/mol. The molecule has 1 amide bonds. The van der Waals surface area contributed by atoms with E-state index in [1.54, 1.807) is 0 Å². The lowest BCUT2D eigenvalue weighted by atomic mass is 9.95. The van der Waals surface area contributed by atoms with Crippen LogP contribution in [0.25, 0.3) is 5.65 Å². The number of hydrogen-bond donors (Lipinski definition) is 0. The van der Waals surface area contributed by atoms with Crippen molar-refractivity contribution in [3.8, 4) is 5.75 Å². The van der Waals surface area contributed by atoms with Crippen LogP contribution in [0.3, 0.4) is 0 Å². The summed E-state index contributed by atoms with van der Waals surface area (Å²) in [6.45, 7) is 4.14. The number of ether oxygens (including phenoxy) is 1. The smallest absolute Gasteiger partial charge is 0.226 e. The van der Waals surface area contributed by atoms with E-state index in [2.05, 4.69) is 14.6 Å². The quantitative estimate of drug-likeness (QED) is 0.698. The molecule has 0 saturated carbocycles. The largest absolute Gasteiger partial charge is 0.494 e. The van der Waals surface area contributed by atoms with E-state index in [-0.39, 0.29) is 5.91 Å². The van der Waals surface area contributed by atoms with Crippen molar-refractivity contribution in [3.63, 3.8) is 0 Å². The first-order valence-corrected chi connectivity index (χ1v) is 9.54. The number of aromatic nitrogens is 3. The Morgan fingerprint density at radius 2 is 1.89 bits per heavy atom. The van der Waals surface area contributed by atoms with Crippen molar-refractivity contribution in [3.05, 3.63) is 60.0 Å². The molecule has 0 N–H and O–H groups in total. The van der Waals surface area contributed by atoms with Crippen LogP contribution < -0.4 is 4.74 Å². The molecule has 6 heteroatoms. The van der Waals surface area contributed by atoms with E-state index in [1.165, 1.54) is 0 Å². The summed E-state index contributed by atoms with van der Waals surface area (Å²) in [6, 6.07) is 13.7. The van der Waals surface area contributed by atoms with Crippen molar-refractivity contribution in [2.24, 2.45) is 0 Å². The third kappa shape index (κ3) is 3.79. The van der Waals surface area contributed by atoms with Gasteiger partial charge in [0.2, 0.25) is 5.91 Å². The fourth-order valence-corrected chi connectivity index (χ4v) is 3.68. The Labute approximate surface area is 158 Å². The molecule has 1 aliphatic heterocycles. The molecule has 27 heavy (non-hydrogen) atoms. The van der Waals surface area contributed by atoms with Crippen LogP contribution >= 0.6 is 0 Å². The van der Waals surface area contributed by atoms with Gasteiger partial charge in [0.15, 0.2) is 5.65 Å². The van der Waals surface area contributed by atoms with E-state index in [9.17, 15) is 4.79 Å².